The lowest BCUT2D eigenvalue weighted by Gasteiger charge is -2.62. The van der Waals surface area contributed by atoms with Gasteiger partial charge in [-0.15, -0.1) is 24.5 Å². The van der Waals surface area contributed by atoms with Crippen LogP contribution in [0.4, 0.5) is 13.2 Å². The number of nitrogens with zero attached hydrogens (tertiary/aromatic N) is 1. The highest BCUT2D eigenvalue weighted by molar-refractivity contribution is 7.09. The van der Waals surface area contributed by atoms with Crippen molar-refractivity contribution in [1.82, 2.24) is 15.6 Å². The number of halogens is 3. The molecule has 1 aromatic carbocycles. The largest absolute Gasteiger partial charge is 0.573 e. The average Bonchev–Trinajstić information content (AvgIpc) is 3.26. The lowest BCUT2D eigenvalue weighted by Crippen LogP contribution is -2.60. The maximum absolute atomic E-state index is 12.7. The van der Waals surface area contributed by atoms with Gasteiger partial charge in [-0.25, -0.2) is 4.98 Å². The molecule has 35 heavy (non-hydrogen) atoms. The van der Waals surface area contributed by atoms with Crippen molar-refractivity contribution < 1.29 is 32.2 Å². The molecule has 2 bridgehead atoms. The van der Waals surface area contributed by atoms with E-state index in [-0.39, 0.29) is 36.6 Å². The zero-order chi connectivity index (χ0) is 25.4. The summed E-state index contributed by atoms with van der Waals surface area (Å²) >= 11 is 1.28. The first-order chi connectivity index (χ1) is 16.4. The van der Waals surface area contributed by atoms with Crippen LogP contribution in [-0.4, -0.2) is 35.8 Å². The third-order valence-corrected chi connectivity index (χ3v) is 8.17. The minimum absolute atomic E-state index is 0.136. The predicted octanol–water partition coefficient (Wildman–Crippen LogP) is 4.54. The van der Waals surface area contributed by atoms with Crippen molar-refractivity contribution in [3.05, 3.63) is 40.3 Å². The minimum Gasteiger partial charge on any atom is -0.484 e. The molecule has 3 aliphatic rings. The normalized spacial score (nSPS) is 24.7. The monoisotopic (exact) mass is 511 g/mol. The van der Waals surface area contributed by atoms with E-state index in [0.717, 1.165) is 18.6 Å². The van der Waals surface area contributed by atoms with Gasteiger partial charge in [0.1, 0.15) is 22.2 Å². The number of fused-ring (bicyclic) bond motifs is 2. The van der Waals surface area contributed by atoms with Crippen LogP contribution in [0.5, 0.6) is 11.5 Å². The van der Waals surface area contributed by atoms with Crippen LogP contribution in [0.1, 0.15) is 49.1 Å². The molecule has 7 nitrogen and oxygen atoms in total. The fourth-order valence-corrected chi connectivity index (χ4v) is 5.90. The molecule has 1 heterocycles. The Morgan fingerprint density at radius 2 is 1.86 bits per heavy atom. The molecule has 2 amide bonds. The number of carbonyl (C=O) groups is 2. The minimum atomic E-state index is -4.77. The van der Waals surface area contributed by atoms with E-state index in [1.807, 2.05) is 0 Å². The molecule has 3 saturated carbocycles. The quantitative estimate of drug-likeness (QED) is 0.543. The summed E-state index contributed by atoms with van der Waals surface area (Å²) < 4.78 is 45.6. The predicted molar refractivity (Wildman–Crippen MR) is 123 cm³/mol. The summed E-state index contributed by atoms with van der Waals surface area (Å²) in [6.07, 6.45) is -2.55. The smallest absolute Gasteiger partial charge is 0.484 e. The summed E-state index contributed by atoms with van der Waals surface area (Å²) in [5.74, 6) is 0.905. The molecule has 0 spiro atoms. The Bertz CT molecular complexity index is 1070. The van der Waals surface area contributed by atoms with Gasteiger partial charge >= 0.3 is 6.36 Å². The Labute approximate surface area is 205 Å². The SMILES string of the molecule is CC1C(NC(=O)c2csc(CNC(=O)COc3ccc(OC(F)(F)F)cc3)n2)CC2CC1C2(C)C. The molecule has 0 radical (unpaired) electrons. The number of carbonyl (C=O) groups excluding carboxylic acids is 2. The van der Waals surface area contributed by atoms with Gasteiger partial charge in [-0.1, -0.05) is 20.8 Å². The third kappa shape index (κ3) is 5.88. The Morgan fingerprint density at radius 1 is 1.17 bits per heavy atom. The maximum Gasteiger partial charge on any atom is 0.573 e. The highest BCUT2D eigenvalue weighted by atomic mass is 32.1. The van der Waals surface area contributed by atoms with Gasteiger partial charge in [-0.05, 0) is 60.3 Å². The molecule has 0 aliphatic heterocycles. The lowest BCUT2D eigenvalue weighted by atomic mass is 9.45. The fraction of sp³-hybridized carbons (Fsp3) is 0.542. The summed E-state index contributed by atoms with van der Waals surface area (Å²) in [7, 11) is 0. The number of amides is 2. The number of aromatic nitrogens is 1. The van der Waals surface area contributed by atoms with Crippen molar-refractivity contribution in [2.24, 2.45) is 23.2 Å². The summed E-state index contributed by atoms with van der Waals surface area (Å²) in [4.78, 5) is 29.1. The van der Waals surface area contributed by atoms with Crippen LogP contribution < -0.4 is 20.1 Å². The zero-order valence-electron chi connectivity index (χ0n) is 19.6. The van der Waals surface area contributed by atoms with Crippen molar-refractivity contribution >= 4 is 23.2 Å². The van der Waals surface area contributed by atoms with Crippen LogP contribution in [0.3, 0.4) is 0 Å². The molecule has 0 saturated heterocycles. The first kappa shape index (κ1) is 25.3. The molecule has 4 atom stereocenters. The van der Waals surface area contributed by atoms with Crippen molar-refractivity contribution in [2.45, 2.75) is 52.6 Å². The molecule has 5 rings (SSSR count). The number of nitrogens with one attached hydrogen (secondary N) is 2. The van der Waals surface area contributed by atoms with Gasteiger partial charge in [0.25, 0.3) is 11.8 Å². The molecular formula is C24H28F3N3O4S. The van der Waals surface area contributed by atoms with Gasteiger partial charge in [0, 0.05) is 11.4 Å². The lowest BCUT2D eigenvalue weighted by molar-refractivity contribution is -0.274. The zero-order valence-corrected chi connectivity index (χ0v) is 20.5. The first-order valence-corrected chi connectivity index (χ1v) is 12.3. The van der Waals surface area contributed by atoms with Crippen molar-refractivity contribution in [3.8, 4) is 11.5 Å². The second-order valence-electron chi connectivity index (χ2n) is 9.75. The molecule has 2 aromatic rings. The summed E-state index contributed by atoms with van der Waals surface area (Å²) in [6.45, 7) is 6.65. The van der Waals surface area contributed by atoms with Gasteiger partial charge in [0.15, 0.2) is 6.61 Å². The Hall–Kier alpha value is -2.82. The Kier molecular flexibility index (Phi) is 6.99. The standard InChI is InChI=1S/C24H28F3N3O4S/c1-13-17-8-14(23(17,2)3)9-18(13)30-22(32)19-12-35-21(29-19)10-28-20(31)11-33-15-4-6-16(7-5-15)34-24(25,26)27/h4-7,12-14,17-18H,8-11H2,1-3H3,(H,28,31)(H,30,32). The molecule has 4 unspecified atom stereocenters. The van der Waals surface area contributed by atoms with E-state index < -0.39 is 12.3 Å². The number of hydrogen-bond donors (Lipinski definition) is 2. The topological polar surface area (TPSA) is 89.6 Å². The van der Waals surface area contributed by atoms with E-state index in [1.165, 1.54) is 29.9 Å². The van der Waals surface area contributed by atoms with Gasteiger partial charge in [-0.3, -0.25) is 9.59 Å². The second kappa shape index (κ2) is 9.67. The highest BCUT2D eigenvalue weighted by Crippen LogP contribution is 2.61. The van der Waals surface area contributed by atoms with E-state index >= 15 is 0 Å². The Morgan fingerprint density at radius 3 is 2.49 bits per heavy atom. The van der Waals surface area contributed by atoms with Crippen LogP contribution in [0, 0.1) is 23.2 Å². The van der Waals surface area contributed by atoms with Gasteiger partial charge < -0.3 is 20.1 Å². The number of rotatable bonds is 8. The number of ether oxygens (including phenoxy) is 2. The highest BCUT2D eigenvalue weighted by Gasteiger charge is 2.56. The van der Waals surface area contributed by atoms with E-state index in [9.17, 15) is 22.8 Å². The average molecular weight is 512 g/mol. The van der Waals surface area contributed by atoms with Crippen LogP contribution in [-0.2, 0) is 11.3 Å². The molecular weight excluding hydrogens is 483 g/mol. The van der Waals surface area contributed by atoms with E-state index in [0.29, 0.717) is 33.9 Å². The molecule has 3 fully saturated rings. The van der Waals surface area contributed by atoms with Crippen LogP contribution >= 0.6 is 11.3 Å². The van der Waals surface area contributed by atoms with Crippen molar-refractivity contribution in [1.29, 1.82) is 0 Å². The second-order valence-corrected chi connectivity index (χ2v) is 10.7. The fourth-order valence-electron chi connectivity index (χ4n) is 5.19. The van der Waals surface area contributed by atoms with E-state index in [2.05, 4.69) is 41.1 Å². The van der Waals surface area contributed by atoms with Crippen molar-refractivity contribution in [3.63, 3.8) is 0 Å². The number of alkyl halides is 3. The van der Waals surface area contributed by atoms with Gasteiger partial charge in [0.05, 0.1) is 6.54 Å². The number of benzene rings is 1. The van der Waals surface area contributed by atoms with Gasteiger partial charge in [0.2, 0.25) is 0 Å². The molecule has 3 aliphatic carbocycles. The van der Waals surface area contributed by atoms with Gasteiger partial charge in [-0.2, -0.15) is 0 Å². The van der Waals surface area contributed by atoms with E-state index in [1.54, 1.807) is 5.38 Å². The van der Waals surface area contributed by atoms with Crippen LogP contribution in [0.25, 0.3) is 0 Å². The molecule has 11 heteroatoms. The third-order valence-electron chi connectivity index (χ3n) is 7.32. The summed E-state index contributed by atoms with van der Waals surface area (Å²) in [5, 5.41) is 8.05. The first-order valence-electron chi connectivity index (χ1n) is 11.4. The summed E-state index contributed by atoms with van der Waals surface area (Å²) in [6, 6.07) is 4.90. The number of thiazole rings is 1. The summed E-state index contributed by atoms with van der Waals surface area (Å²) in [5.41, 5.74) is 0.684. The van der Waals surface area contributed by atoms with Crippen LogP contribution in [0.2, 0.25) is 0 Å². The maximum atomic E-state index is 12.7. The molecule has 190 valence electrons. The molecule has 1 aromatic heterocycles. The number of hydrogen-bond acceptors (Lipinski definition) is 6. The van der Waals surface area contributed by atoms with Crippen LogP contribution in [0.15, 0.2) is 29.6 Å². The van der Waals surface area contributed by atoms with E-state index in [4.69, 9.17) is 4.74 Å². The molecule has 2 N–H and O–H groups in total. The Balaban J connectivity index is 1.20. The van der Waals surface area contributed by atoms with Crippen molar-refractivity contribution in [2.75, 3.05) is 6.61 Å².